The summed E-state index contributed by atoms with van der Waals surface area (Å²) in [4.78, 5) is 0. The van der Waals surface area contributed by atoms with Gasteiger partial charge >= 0.3 is 0 Å². The molecule has 1 aliphatic rings. The molecule has 0 radical (unpaired) electrons. The van der Waals surface area contributed by atoms with Crippen molar-refractivity contribution in [3.8, 4) is 0 Å². The van der Waals surface area contributed by atoms with Crippen LogP contribution in [0.3, 0.4) is 0 Å². The van der Waals surface area contributed by atoms with E-state index in [4.69, 9.17) is 11.5 Å². The quantitative estimate of drug-likeness (QED) is 0.531. The molecule has 1 aliphatic heterocycles. The number of rotatable bonds is 1. The minimum absolute atomic E-state index is 0.0521. The van der Waals surface area contributed by atoms with E-state index >= 15 is 0 Å². The van der Waals surface area contributed by atoms with Crippen molar-refractivity contribution in [1.29, 1.82) is 0 Å². The van der Waals surface area contributed by atoms with Crippen molar-refractivity contribution in [2.45, 2.75) is 18.4 Å². The second-order valence-electron chi connectivity index (χ2n) is 3.26. The second-order valence-corrected chi connectivity index (χ2v) is 5.45. The number of sulfone groups is 1. The SMILES string of the molecule is NCC1(N)CCCS(=O)(=O)C1. The largest absolute Gasteiger partial charge is 0.329 e. The maximum atomic E-state index is 11.1. The van der Waals surface area contributed by atoms with Crippen LogP contribution in [0.1, 0.15) is 12.8 Å². The van der Waals surface area contributed by atoms with Crippen LogP contribution in [0.4, 0.5) is 0 Å². The summed E-state index contributed by atoms with van der Waals surface area (Å²) in [5, 5.41) is 0. The van der Waals surface area contributed by atoms with Gasteiger partial charge in [0, 0.05) is 12.1 Å². The smallest absolute Gasteiger partial charge is 0.152 e. The van der Waals surface area contributed by atoms with Gasteiger partial charge < -0.3 is 11.5 Å². The van der Waals surface area contributed by atoms with Crippen LogP contribution in [0.15, 0.2) is 0 Å². The molecule has 4 nitrogen and oxygen atoms in total. The zero-order valence-corrected chi connectivity index (χ0v) is 7.23. The van der Waals surface area contributed by atoms with Gasteiger partial charge in [-0.1, -0.05) is 0 Å². The molecule has 1 rings (SSSR count). The van der Waals surface area contributed by atoms with E-state index in [1.54, 1.807) is 0 Å². The predicted octanol–water partition coefficient (Wildman–Crippen LogP) is -1.15. The van der Waals surface area contributed by atoms with Gasteiger partial charge in [0.25, 0.3) is 0 Å². The lowest BCUT2D eigenvalue weighted by Gasteiger charge is -2.31. The highest BCUT2D eigenvalue weighted by atomic mass is 32.2. The third-order valence-corrected chi connectivity index (χ3v) is 3.97. The van der Waals surface area contributed by atoms with Gasteiger partial charge in [-0.3, -0.25) is 0 Å². The van der Waals surface area contributed by atoms with Crippen molar-refractivity contribution in [2.75, 3.05) is 18.1 Å². The Morgan fingerprint density at radius 1 is 1.45 bits per heavy atom. The molecule has 0 spiro atoms. The Hall–Kier alpha value is -0.130. The molecule has 5 heteroatoms. The first-order valence-corrected chi connectivity index (χ1v) is 5.49. The van der Waals surface area contributed by atoms with Crippen LogP contribution in [0, 0.1) is 0 Å². The molecule has 1 fully saturated rings. The standard InChI is InChI=1S/C6H14N2O2S/c7-4-6(8)2-1-3-11(9,10)5-6/h1-5,7-8H2. The molecule has 1 unspecified atom stereocenters. The summed E-state index contributed by atoms with van der Waals surface area (Å²) in [7, 11) is -2.91. The molecule has 0 aromatic heterocycles. The van der Waals surface area contributed by atoms with Crippen LogP contribution >= 0.6 is 0 Å². The Morgan fingerprint density at radius 3 is 2.45 bits per heavy atom. The highest BCUT2D eigenvalue weighted by molar-refractivity contribution is 7.91. The van der Waals surface area contributed by atoms with Crippen LogP contribution in [0.25, 0.3) is 0 Å². The first-order chi connectivity index (χ1) is 4.97. The Labute approximate surface area is 66.9 Å². The Balaban J connectivity index is 2.75. The maximum absolute atomic E-state index is 11.1. The average Bonchev–Trinajstić information content (AvgIpc) is 1.85. The lowest BCUT2D eigenvalue weighted by molar-refractivity contribution is 0.418. The van der Waals surface area contributed by atoms with Crippen LogP contribution in [0.5, 0.6) is 0 Å². The third kappa shape index (κ3) is 2.15. The molecule has 11 heavy (non-hydrogen) atoms. The summed E-state index contributed by atoms with van der Waals surface area (Å²) in [5.41, 5.74) is 10.4. The second kappa shape index (κ2) is 2.73. The van der Waals surface area contributed by atoms with E-state index in [-0.39, 0.29) is 18.1 Å². The van der Waals surface area contributed by atoms with E-state index in [9.17, 15) is 8.42 Å². The molecule has 4 N–H and O–H groups in total. The van der Waals surface area contributed by atoms with E-state index in [0.29, 0.717) is 6.42 Å². The van der Waals surface area contributed by atoms with Crippen LogP contribution < -0.4 is 11.5 Å². The zero-order chi connectivity index (χ0) is 8.54. The summed E-state index contributed by atoms with van der Waals surface area (Å²) in [6, 6.07) is 0. The number of nitrogens with two attached hydrogens (primary N) is 2. The lowest BCUT2D eigenvalue weighted by Crippen LogP contribution is -2.55. The van der Waals surface area contributed by atoms with E-state index in [2.05, 4.69) is 0 Å². The van der Waals surface area contributed by atoms with Crippen molar-refractivity contribution in [2.24, 2.45) is 11.5 Å². The van der Waals surface area contributed by atoms with Crippen molar-refractivity contribution < 1.29 is 8.42 Å². The molecule has 0 saturated carbocycles. The maximum Gasteiger partial charge on any atom is 0.152 e. The molecule has 1 heterocycles. The molecule has 66 valence electrons. The molecule has 1 atom stereocenters. The Kier molecular flexibility index (Phi) is 2.22. The van der Waals surface area contributed by atoms with Crippen LogP contribution in [-0.2, 0) is 9.84 Å². The van der Waals surface area contributed by atoms with Gasteiger partial charge in [-0.25, -0.2) is 8.42 Å². The van der Waals surface area contributed by atoms with E-state index in [1.165, 1.54) is 0 Å². The van der Waals surface area contributed by atoms with Gasteiger partial charge in [0.15, 0.2) is 9.84 Å². The normalized spacial score (nSPS) is 36.9. The lowest BCUT2D eigenvalue weighted by atomic mass is 9.97. The molecular formula is C6H14N2O2S. The molecule has 0 amide bonds. The van der Waals surface area contributed by atoms with Crippen molar-refractivity contribution in [3.63, 3.8) is 0 Å². The molecule has 0 aromatic carbocycles. The Morgan fingerprint density at radius 2 is 2.09 bits per heavy atom. The summed E-state index contributed by atoms with van der Waals surface area (Å²) < 4.78 is 22.2. The van der Waals surface area contributed by atoms with Gasteiger partial charge in [0.2, 0.25) is 0 Å². The first kappa shape index (κ1) is 8.96. The fourth-order valence-corrected chi connectivity index (χ4v) is 3.25. The highest BCUT2D eigenvalue weighted by Crippen LogP contribution is 2.18. The summed E-state index contributed by atoms with van der Waals surface area (Å²) in [6.07, 6.45) is 1.37. The van der Waals surface area contributed by atoms with Gasteiger partial charge in [-0.15, -0.1) is 0 Å². The average molecular weight is 178 g/mol. The van der Waals surface area contributed by atoms with Gasteiger partial charge in [0.1, 0.15) is 0 Å². The van der Waals surface area contributed by atoms with Crippen LogP contribution in [-0.4, -0.2) is 32.0 Å². The molecule has 0 aliphatic carbocycles. The first-order valence-electron chi connectivity index (χ1n) is 3.67. The molecule has 1 saturated heterocycles. The fraction of sp³-hybridized carbons (Fsp3) is 1.00. The van der Waals surface area contributed by atoms with E-state index < -0.39 is 15.4 Å². The monoisotopic (exact) mass is 178 g/mol. The van der Waals surface area contributed by atoms with Gasteiger partial charge in [0.05, 0.1) is 11.5 Å². The summed E-state index contributed by atoms with van der Waals surface area (Å²) >= 11 is 0. The topological polar surface area (TPSA) is 86.2 Å². The summed E-state index contributed by atoms with van der Waals surface area (Å²) in [5.74, 6) is 0.322. The highest BCUT2D eigenvalue weighted by Gasteiger charge is 2.34. The Bertz CT molecular complexity index is 237. The van der Waals surface area contributed by atoms with Crippen molar-refractivity contribution in [3.05, 3.63) is 0 Å². The number of hydrogen-bond donors (Lipinski definition) is 2. The third-order valence-electron chi connectivity index (χ3n) is 2.04. The minimum Gasteiger partial charge on any atom is -0.329 e. The van der Waals surface area contributed by atoms with Crippen LogP contribution in [0.2, 0.25) is 0 Å². The van der Waals surface area contributed by atoms with Gasteiger partial charge in [-0.2, -0.15) is 0 Å². The minimum atomic E-state index is -2.91. The molecule has 0 bridgehead atoms. The molecular weight excluding hydrogens is 164 g/mol. The van der Waals surface area contributed by atoms with E-state index in [0.717, 1.165) is 6.42 Å². The zero-order valence-electron chi connectivity index (χ0n) is 6.41. The number of hydrogen-bond acceptors (Lipinski definition) is 4. The van der Waals surface area contributed by atoms with Gasteiger partial charge in [-0.05, 0) is 12.8 Å². The van der Waals surface area contributed by atoms with E-state index in [1.807, 2.05) is 0 Å². The predicted molar refractivity (Wildman–Crippen MR) is 43.9 cm³/mol. The fourth-order valence-electron chi connectivity index (χ4n) is 1.39. The van der Waals surface area contributed by atoms with Crippen molar-refractivity contribution >= 4 is 9.84 Å². The van der Waals surface area contributed by atoms with Crippen molar-refractivity contribution in [1.82, 2.24) is 0 Å². The molecule has 0 aromatic rings. The summed E-state index contributed by atoms with van der Waals surface area (Å²) in [6.45, 7) is 0.256.